The van der Waals surface area contributed by atoms with Crippen LogP contribution in [0.25, 0.3) is 0 Å². The maximum absolute atomic E-state index is 12.5. The van der Waals surface area contributed by atoms with Crippen LogP contribution in [0.2, 0.25) is 0 Å². The number of thioether (sulfide) groups is 1. The molecule has 1 amide bonds. The molecule has 0 radical (unpaired) electrons. The number of rotatable bonds is 8. The Morgan fingerprint density at radius 2 is 2.00 bits per heavy atom. The van der Waals surface area contributed by atoms with Gasteiger partial charge in [-0.3, -0.25) is 4.79 Å². The van der Waals surface area contributed by atoms with E-state index in [1.165, 1.54) is 12.1 Å². The summed E-state index contributed by atoms with van der Waals surface area (Å²) in [7, 11) is 0. The van der Waals surface area contributed by atoms with Crippen molar-refractivity contribution < 1.29 is 23.5 Å². The highest BCUT2D eigenvalue weighted by molar-refractivity contribution is 7.99. The molecule has 0 bridgehead atoms. The van der Waals surface area contributed by atoms with Crippen LogP contribution in [-0.2, 0) is 4.79 Å². The highest BCUT2D eigenvalue weighted by Gasteiger charge is 2.22. The van der Waals surface area contributed by atoms with Gasteiger partial charge in [0.1, 0.15) is 6.04 Å². The first-order chi connectivity index (χ1) is 9.95. The second kappa shape index (κ2) is 8.61. The summed E-state index contributed by atoms with van der Waals surface area (Å²) in [5.41, 5.74) is 0.0607. The van der Waals surface area contributed by atoms with Crippen molar-refractivity contribution in [1.82, 2.24) is 5.32 Å². The smallest absolute Gasteiger partial charge is 0.326 e. The largest absolute Gasteiger partial charge is 0.480 e. The van der Waals surface area contributed by atoms with E-state index in [-0.39, 0.29) is 22.2 Å². The Morgan fingerprint density at radius 3 is 2.57 bits per heavy atom. The molecule has 0 spiro atoms. The fraction of sp³-hybridized carbons (Fsp3) is 0.429. The molecule has 4 nitrogen and oxygen atoms in total. The fourth-order valence-corrected chi connectivity index (χ4v) is 2.39. The van der Waals surface area contributed by atoms with E-state index in [9.17, 15) is 18.4 Å². The van der Waals surface area contributed by atoms with Crippen molar-refractivity contribution in [2.45, 2.75) is 42.9 Å². The number of hydrogen-bond donors (Lipinski definition) is 2. The number of carboxylic acid groups (broad SMARTS) is 1. The summed E-state index contributed by atoms with van der Waals surface area (Å²) in [6.45, 7) is 1.91. The molecule has 0 heterocycles. The van der Waals surface area contributed by atoms with E-state index >= 15 is 0 Å². The Morgan fingerprint density at radius 1 is 1.33 bits per heavy atom. The number of carboxylic acids is 1. The van der Waals surface area contributed by atoms with Crippen molar-refractivity contribution in [1.29, 1.82) is 0 Å². The van der Waals surface area contributed by atoms with Gasteiger partial charge in [0.2, 0.25) is 0 Å². The van der Waals surface area contributed by atoms with Crippen molar-refractivity contribution in [3.05, 3.63) is 29.8 Å². The Balaban J connectivity index is 2.84. The number of aliphatic carboxylic acids is 1. The number of unbranched alkanes of at least 4 members (excludes halogenated alkanes) is 1. The van der Waals surface area contributed by atoms with Gasteiger partial charge in [0.15, 0.2) is 0 Å². The lowest BCUT2D eigenvalue weighted by Crippen LogP contribution is -2.40. The first-order valence-electron chi connectivity index (χ1n) is 6.53. The van der Waals surface area contributed by atoms with Gasteiger partial charge >= 0.3 is 5.97 Å². The second-order valence-electron chi connectivity index (χ2n) is 4.38. The van der Waals surface area contributed by atoms with Gasteiger partial charge < -0.3 is 10.4 Å². The highest BCUT2D eigenvalue weighted by Crippen LogP contribution is 2.28. The Kier molecular flexibility index (Phi) is 7.14. The maximum atomic E-state index is 12.5. The summed E-state index contributed by atoms with van der Waals surface area (Å²) in [4.78, 5) is 23.3. The summed E-state index contributed by atoms with van der Waals surface area (Å²) < 4.78 is 24.9. The fourth-order valence-electron chi connectivity index (χ4n) is 1.75. The number of carbonyl (C=O) groups is 2. The predicted octanol–water partition coefficient (Wildman–Crippen LogP) is 3.37. The summed E-state index contributed by atoms with van der Waals surface area (Å²) >= 11 is 0.265. The normalized spacial score (nSPS) is 12.2. The van der Waals surface area contributed by atoms with E-state index in [0.29, 0.717) is 12.8 Å². The summed E-state index contributed by atoms with van der Waals surface area (Å²) in [5, 5.41) is 11.5. The van der Waals surface area contributed by atoms with Crippen LogP contribution in [0.15, 0.2) is 29.2 Å². The van der Waals surface area contributed by atoms with Crippen LogP contribution < -0.4 is 5.32 Å². The summed E-state index contributed by atoms with van der Waals surface area (Å²) in [5.74, 6) is -4.42. The van der Waals surface area contributed by atoms with Gasteiger partial charge in [-0.15, -0.1) is 0 Å². The summed E-state index contributed by atoms with van der Waals surface area (Å²) in [6.07, 6.45) is 1.77. The average molecular weight is 317 g/mol. The number of benzene rings is 1. The molecule has 1 rings (SSSR count). The average Bonchev–Trinajstić information content (AvgIpc) is 2.42. The lowest BCUT2D eigenvalue weighted by molar-refractivity contribution is -0.139. The van der Waals surface area contributed by atoms with E-state index in [4.69, 9.17) is 5.11 Å². The first-order valence-corrected chi connectivity index (χ1v) is 7.41. The molecule has 0 unspecified atom stereocenters. The first kappa shape index (κ1) is 17.4. The van der Waals surface area contributed by atoms with Crippen molar-refractivity contribution in [3.8, 4) is 0 Å². The third-order valence-corrected chi connectivity index (χ3v) is 3.59. The minimum atomic E-state index is -2.64. The Labute approximate surface area is 125 Å². The standard InChI is InChI=1S/C14H17F2NO3S/c1-2-3-7-10(13(19)20)17-12(18)9-6-4-5-8-11(9)21-14(15)16/h4-6,8,10,14H,2-3,7H2,1H3,(H,17,18)(H,19,20)/t10-/m0/s1. The molecule has 1 aromatic rings. The molecule has 1 aromatic carbocycles. The molecule has 0 saturated heterocycles. The van der Waals surface area contributed by atoms with Gasteiger partial charge in [-0.1, -0.05) is 43.7 Å². The molecule has 0 fully saturated rings. The minimum Gasteiger partial charge on any atom is -0.480 e. The van der Waals surface area contributed by atoms with Crippen LogP contribution in [0.3, 0.4) is 0 Å². The molecule has 0 aliphatic heterocycles. The number of hydrogen-bond acceptors (Lipinski definition) is 3. The van der Waals surface area contributed by atoms with Gasteiger partial charge in [0.25, 0.3) is 11.7 Å². The number of nitrogens with one attached hydrogen (secondary N) is 1. The number of halogens is 2. The summed E-state index contributed by atoms with van der Waals surface area (Å²) in [6, 6.07) is 4.90. The molecule has 0 aromatic heterocycles. The van der Waals surface area contributed by atoms with Crippen LogP contribution in [0.5, 0.6) is 0 Å². The zero-order valence-electron chi connectivity index (χ0n) is 11.5. The minimum absolute atomic E-state index is 0.0607. The van der Waals surface area contributed by atoms with Crippen molar-refractivity contribution in [2.24, 2.45) is 0 Å². The lowest BCUT2D eigenvalue weighted by atomic mass is 10.1. The number of amides is 1. The van der Waals surface area contributed by atoms with Crippen molar-refractivity contribution in [2.75, 3.05) is 0 Å². The van der Waals surface area contributed by atoms with E-state index in [1.807, 2.05) is 6.92 Å². The zero-order chi connectivity index (χ0) is 15.8. The van der Waals surface area contributed by atoms with Crippen LogP contribution >= 0.6 is 11.8 Å². The molecule has 1 atom stereocenters. The van der Waals surface area contributed by atoms with E-state index in [1.54, 1.807) is 12.1 Å². The van der Waals surface area contributed by atoms with Crippen LogP contribution in [0, 0.1) is 0 Å². The molecular formula is C14H17F2NO3S. The topological polar surface area (TPSA) is 66.4 Å². The molecule has 7 heteroatoms. The van der Waals surface area contributed by atoms with Crippen molar-refractivity contribution >= 4 is 23.6 Å². The monoisotopic (exact) mass is 317 g/mol. The SMILES string of the molecule is CCCC[C@H](NC(=O)c1ccccc1SC(F)F)C(=O)O. The molecule has 2 N–H and O–H groups in total. The Hall–Kier alpha value is -1.63. The van der Waals surface area contributed by atoms with Gasteiger partial charge in [-0.2, -0.15) is 8.78 Å². The Bertz CT molecular complexity index is 497. The molecule has 116 valence electrons. The third-order valence-electron chi connectivity index (χ3n) is 2.80. The number of carbonyl (C=O) groups excluding carboxylic acids is 1. The van der Waals surface area contributed by atoms with Crippen LogP contribution in [0.1, 0.15) is 36.5 Å². The quantitative estimate of drug-likeness (QED) is 0.721. The van der Waals surface area contributed by atoms with Gasteiger partial charge in [-0.25, -0.2) is 4.79 Å². The highest BCUT2D eigenvalue weighted by atomic mass is 32.2. The molecule has 21 heavy (non-hydrogen) atoms. The molecular weight excluding hydrogens is 300 g/mol. The third kappa shape index (κ3) is 5.71. The van der Waals surface area contributed by atoms with E-state index in [0.717, 1.165) is 6.42 Å². The number of alkyl halides is 2. The van der Waals surface area contributed by atoms with E-state index in [2.05, 4.69) is 5.32 Å². The van der Waals surface area contributed by atoms with Gasteiger partial charge in [-0.05, 0) is 18.6 Å². The lowest BCUT2D eigenvalue weighted by Gasteiger charge is -2.15. The predicted molar refractivity (Wildman–Crippen MR) is 76.7 cm³/mol. The van der Waals surface area contributed by atoms with Gasteiger partial charge in [0, 0.05) is 4.90 Å². The van der Waals surface area contributed by atoms with E-state index < -0.39 is 23.7 Å². The zero-order valence-corrected chi connectivity index (χ0v) is 12.3. The molecule has 0 aliphatic rings. The van der Waals surface area contributed by atoms with Gasteiger partial charge in [0.05, 0.1) is 5.56 Å². The van der Waals surface area contributed by atoms with Crippen LogP contribution in [-0.4, -0.2) is 28.8 Å². The molecule has 0 saturated carbocycles. The second-order valence-corrected chi connectivity index (χ2v) is 5.41. The van der Waals surface area contributed by atoms with Crippen molar-refractivity contribution in [3.63, 3.8) is 0 Å². The molecule has 0 aliphatic carbocycles. The maximum Gasteiger partial charge on any atom is 0.326 e. The van der Waals surface area contributed by atoms with Crippen LogP contribution in [0.4, 0.5) is 8.78 Å².